The molecular weight excluding hydrogens is 320 g/mol. The Morgan fingerprint density at radius 3 is 2.32 bits per heavy atom. The number of aromatic nitrogens is 1. The molecule has 1 aromatic rings. The lowest BCUT2D eigenvalue weighted by Crippen LogP contribution is -2.58. The summed E-state index contributed by atoms with van der Waals surface area (Å²) in [7, 11) is 0. The zero-order valence-corrected chi connectivity index (χ0v) is 15.3. The van der Waals surface area contributed by atoms with Gasteiger partial charge in [0.15, 0.2) is 0 Å². The van der Waals surface area contributed by atoms with Crippen molar-refractivity contribution in [3.63, 3.8) is 0 Å². The van der Waals surface area contributed by atoms with Gasteiger partial charge in [0, 0.05) is 13.1 Å². The Morgan fingerprint density at radius 2 is 1.80 bits per heavy atom. The minimum atomic E-state index is -0.518. The summed E-state index contributed by atoms with van der Waals surface area (Å²) in [6.07, 6.45) is 1.51. The number of nitrogens with two attached hydrogens (primary N) is 1. The summed E-state index contributed by atoms with van der Waals surface area (Å²) in [4.78, 5) is 33.2. The molecule has 1 aromatic heterocycles. The van der Waals surface area contributed by atoms with Crippen LogP contribution in [0.5, 0.6) is 0 Å². The molecule has 0 aromatic carbocycles. The van der Waals surface area contributed by atoms with Crippen molar-refractivity contribution < 1.29 is 14.3 Å². The zero-order chi connectivity index (χ0) is 18.4. The maximum atomic E-state index is 12.9. The summed E-state index contributed by atoms with van der Waals surface area (Å²) >= 11 is 0. The highest BCUT2D eigenvalue weighted by atomic mass is 16.6. The van der Waals surface area contributed by atoms with Gasteiger partial charge in [-0.05, 0) is 52.7 Å². The van der Waals surface area contributed by atoms with Crippen LogP contribution in [0.4, 0.5) is 10.6 Å². The Bertz CT molecular complexity index is 684. The number of fused-ring (bicyclic) bond motifs is 2. The molecule has 136 valence electrons. The first-order chi connectivity index (χ1) is 11.7. The van der Waals surface area contributed by atoms with Crippen LogP contribution in [0.15, 0.2) is 12.1 Å². The van der Waals surface area contributed by atoms with Gasteiger partial charge >= 0.3 is 6.09 Å². The molecule has 3 heterocycles. The summed E-state index contributed by atoms with van der Waals surface area (Å²) in [5, 5.41) is 0. The number of carbonyl (C=O) groups excluding carboxylic acids is 2. The van der Waals surface area contributed by atoms with E-state index in [4.69, 9.17) is 10.5 Å². The minimum Gasteiger partial charge on any atom is -0.444 e. The standard InChI is InChI=1S/C18H26N4O3/c1-11-14(7-8-15(19)20-11)16(23)21-9-12-5-6-13(10-21)22(12)17(24)25-18(2,3)4/h7-8,12-13H,5-6,9-10H2,1-4H3,(H2,19,20). The number of rotatable bonds is 1. The quantitative estimate of drug-likeness (QED) is 0.842. The third kappa shape index (κ3) is 3.55. The minimum absolute atomic E-state index is 0.0135. The second kappa shape index (κ2) is 6.20. The molecule has 2 aliphatic heterocycles. The molecular formula is C18H26N4O3. The van der Waals surface area contributed by atoms with Gasteiger partial charge in [-0.15, -0.1) is 0 Å². The van der Waals surface area contributed by atoms with Gasteiger partial charge in [-0.1, -0.05) is 0 Å². The number of hydrogen-bond donors (Lipinski definition) is 1. The van der Waals surface area contributed by atoms with E-state index < -0.39 is 5.60 Å². The number of nitrogen functional groups attached to an aromatic ring is 1. The van der Waals surface area contributed by atoms with Crippen LogP contribution in [0.1, 0.15) is 49.7 Å². The van der Waals surface area contributed by atoms with Crippen LogP contribution >= 0.6 is 0 Å². The monoisotopic (exact) mass is 346 g/mol. The topological polar surface area (TPSA) is 88.8 Å². The number of hydrogen-bond acceptors (Lipinski definition) is 5. The Balaban J connectivity index is 1.73. The van der Waals surface area contributed by atoms with Gasteiger partial charge in [-0.25, -0.2) is 9.78 Å². The SMILES string of the molecule is Cc1nc(N)ccc1C(=O)N1CC2CCC(C1)N2C(=O)OC(C)(C)C. The number of ether oxygens (including phenoxy) is 1. The van der Waals surface area contributed by atoms with Crippen molar-refractivity contribution in [2.24, 2.45) is 0 Å². The number of likely N-dealkylation sites (tertiary alicyclic amines) is 1. The van der Waals surface area contributed by atoms with Crippen molar-refractivity contribution in [1.82, 2.24) is 14.8 Å². The summed E-state index contributed by atoms with van der Waals surface area (Å²) in [5.41, 5.74) is 6.35. The van der Waals surface area contributed by atoms with Gasteiger partial charge in [-0.2, -0.15) is 0 Å². The summed E-state index contributed by atoms with van der Waals surface area (Å²) in [6.45, 7) is 8.43. The van der Waals surface area contributed by atoms with Gasteiger partial charge in [0.2, 0.25) is 0 Å². The summed E-state index contributed by atoms with van der Waals surface area (Å²) < 4.78 is 5.53. The fraction of sp³-hybridized carbons (Fsp3) is 0.611. The maximum absolute atomic E-state index is 12.9. The van der Waals surface area contributed by atoms with Crippen molar-refractivity contribution in [3.05, 3.63) is 23.4 Å². The molecule has 0 aliphatic carbocycles. The molecule has 2 unspecified atom stereocenters. The number of nitrogens with zero attached hydrogens (tertiary/aromatic N) is 3. The van der Waals surface area contributed by atoms with E-state index in [1.165, 1.54) is 0 Å². The lowest BCUT2D eigenvalue weighted by molar-refractivity contribution is -0.00337. The predicted molar refractivity (Wildman–Crippen MR) is 94.2 cm³/mol. The second-order valence-electron chi connectivity index (χ2n) is 7.85. The number of carbonyl (C=O) groups is 2. The molecule has 2 bridgehead atoms. The molecule has 2 N–H and O–H groups in total. The van der Waals surface area contributed by atoms with Crippen molar-refractivity contribution in [2.45, 2.75) is 58.2 Å². The molecule has 0 spiro atoms. The number of aryl methyl sites for hydroxylation is 1. The van der Waals surface area contributed by atoms with E-state index in [9.17, 15) is 9.59 Å². The Hall–Kier alpha value is -2.31. The van der Waals surface area contributed by atoms with E-state index in [1.54, 1.807) is 19.1 Å². The smallest absolute Gasteiger partial charge is 0.410 e. The molecule has 3 rings (SSSR count). The largest absolute Gasteiger partial charge is 0.444 e. The molecule has 25 heavy (non-hydrogen) atoms. The highest BCUT2D eigenvalue weighted by Gasteiger charge is 2.45. The molecule has 7 heteroatoms. The predicted octanol–water partition coefficient (Wildman–Crippen LogP) is 2.20. The van der Waals surface area contributed by atoms with Crippen LogP contribution in [-0.2, 0) is 4.74 Å². The normalized spacial score (nSPS) is 22.9. The van der Waals surface area contributed by atoms with Crippen LogP contribution in [0.3, 0.4) is 0 Å². The summed E-state index contributed by atoms with van der Waals surface area (Å²) in [6, 6.07) is 3.40. The molecule has 2 saturated heterocycles. The Labute approximate surface area is 148 Å². The van der Waals surface area contributed by atoms with E-state index in [1.807, 2.05) is 30.6 Å². The lowest BCUT2D eigenvalue weighted by Gasteiger charge is -2.41. The summed E-state index contributed by atoms with van der Waals surface area (Å²) in [5.74, 6) is 0.356. The van der Waals surface area contributed by atoms with E-state index in [0.717, 1.165) is 12.8 Å². The lowest BCUT2D eigenvalue weighted by atomic mass is 10.1. The van der Waals surface area contributed by atoms with Crippen molar-refractivity contribution >= 4 is 17.8 Å². The molecule has 2 atom stereocenters. The van der Waals surface area contributed by atoms with Gasteiger partial charge in [0.1, 0.15) is 11.4 Å². The number of piperazine rings is 1. The van der Waals surface area contributed by atoms with E-state index in [0.29, 0.717) is 30.2 Å². The van der Waals surface area contributed by atoms with E-state index in [-0.39, 0.29) is 24.1 Å². The van der Waals surface area contributed by atoms with Crippen molar-refractivity contribution in [2.75, 3.05) is 18.8 Å². The Morgan fingerprint density at radius 1 is 1.20 bits per heavy atom. The number of pyridine rings is 1. The molecule has 0 radical (unpaired) electrons. The van der Waals surface area contributed by atoms with Crippen LogP contribution in [0, 0.1) is 6.92 Å². The third-order valence-corrected chi connectivity index (χ3v) is 4.71. The van der Waals surface area contributed by atoms with Gasteiger partial charge in [0.05, 0.1) is 23.3 Å². The number of amides is 2. The fourth-order valence-corrected chi connectivity index (χ4v) is 3.66. The molecule has 2 amide bonds. The van der Waals surface area contributed by atoms with Crippen molar-refractivity contribution in [1.29, 1.82) is 0 Å². The fourth-order valence-electron chi connectivity index (χ4n) is 3.66. The Kier molecular flexibility index (Phi) is 4.34. The molecule has 7 nitrogen and oxygen atoms in total. The van der Waals surface area contributed by atoms with Crippen LogP contribution in [0.2, 0.25) is 0 Å². The van der Waals surface area contributed by atoms with E-state index >= 15 is 0 Å². The molecule has 2 fully saturated rings. The average Bonchev–Trinajstić information content (AvgIpc) is 2.75. The van der Waals surface area contributed by atoms with E-state index in [2.05, 4.69) is 4.98 Å². The first-order valence-corrected chi connectivity index (χ1v) is 8.69. The van der Waals surface area contributed by atoms with Gasteiger partial charge in [-0.3, -0.25) is 9.69 Å². The second-order valence-corrected chi connectivity index (χ2v) is 7.85. The van der Waals surface area contributed by atoms with Crippen molar-refractivity contribution in [3.8, 4) is 0 Å². The zero-order valence-electron chi connectivity index (χ0n) is 15.3. The van der Waals surface area contributed by atoms with Crippen LogP contribution in [0.25, 0.3) is 0 Å². The first kappa shape index (κ1) is 17.5. The maximum Gasteiger partial charge on any atom is 0.410 e. The number of anilines is 1. The van der Waals surface area contributed by atoms with Gasteiger partial charge in [0.25, 0.3) is 5.91 Å². The van der Waals surface area contributed by atoms with Gasteiger partial charge < -0.3 is 15.4 Å². The molecule has 0 saturated carbocycles. The average molecular weight is 346 g/mol. The molecule has 2 aliphatic rings. The van der Waals surface area contributed by atoms with Crippen LogP contribution < -0.4 is 5.73 Å². The first-order valence-electron chi connectivity index (χ1n) is 8.69. The highest BCUT2D eigenvalue weighted by Crippen LogP contribution is 2.32. The highest BCUT2D eigenvalue weighted by molar-refractivity contribution is 5.95. The third-order valence-electron chi connectivity index (χ3n) is 4.71. The van der Waals surface area contributed by atoms with Crippen LogP contribution in [-0.4, -0.2) is 57.6 Å².